The zero-order valence-electron chi connectivity index (χ0n) is 14.5. The predicted molar refractivity (Wildman–Crippen MR) is 95.1 cm³/mol. The minimum absolute atomic E-state index is 0.156. The van der Waals surface area contributed by atoms with Crippen LogP contribution in [-0.4, -0.2) is 42.6 Å². The molecule has 9 nitrogen and oxygen atoms in total. The number of hydrogen-bond acceptors (Lipinski definition) is 7. The van der Waals surface area contributed by atoms with Gasteiger partial charge in [-0.15, -0.1) is 5.10 Å². The van der Waals surface area contributed by atoms with Gasteiger partial charge in [0.25, 0.3) is 0 Å². The van der Waals surface area contributed by atoms with E-state index in [1.54, 1.807) is 0 Å². The van der Waals surface area contributed by atoms with Gasteiger partial charge in [0.1, 0.15) is 11.5 Å². The number of aromatic amines is 1. The van der Waals surface area contributed by atoms with Crippen LogP contribution >= 0.6 is 0 Å². The van der Waals surface area contributed by atoms with Gasteiger partial charge in [0.05, 0.1) is 11.0 Å². The van der Waals surface area contributed by atoms with Crippen molar-refractivity contribution in [1.82, 2.24) is 29.5 Å². The number of anilines is 2. The molecule has 0 amide bonds. The normalized spacial score (nSPS) is 11.9. The molecule has 0 unspecified atom stereocenters. The van der Waals surface area contributed by atoms with Crippen molar-refractivity contribution in [3.8, 4) is 0 Å². The van der Waals surface area contributed by atoms with Gasteiger partial charge in [0.2, 0.25) is 11.6 Å². The fourth-order valence-corrected chi connectivity index (χ4v) is 2.70. The Morgan fingerprint density at radius 1 is 1.10 bits per heavy atom. The van der Waals surface area contributed by atoms with Gasteiger partial charge in [0.15, 0.2) is 5.82 Å². The third kappa shape index (κ3) is 3.66. The summed E-state index contributed by atoms with van der Waals surface area (Å²) in [5, 5.41) is 11.8. The second kappa shape index (κ2) is 7.00. The number of nitrogens with one attached hydrogen (secondary N) is 3. The Kier molecular flexibility index (Phi) is 4.48. The first kappa shape index (κ1) is 18.6. The number of alkyl halides is 3. The van der Waals surface area contributed by atoms with Crippen LogP contribution in [0.1, 0.15) is 5.69 Å². The number of rotatable bonds is 5. The average Bonchev–Trinajstić information content (AvgIpc) is 3.07. The molecule has 4 aromatic rings. The van der Waals surface area contributed by atoms with Crippen molar-refractivity contribution in [2.24, 2.45) is 0 Å². The quantitative estimate of drug-likeness (QED) is 0.342. The molecule has 0 spiro atoms. The molecule has 0 radical (unpaired) electrons. The van der Waals surface area contributed by atoms with Gasteiger partial charge in [0, 0.05) is 25.4 Å². The topological polar surface area (TPSA) is 113 Å². The number of benzene rings is 1. The van der Waals surface area contributed by atoms with Crippen molar-refractivity contribution < 1.29 is 17.6 Å². The minimum Gasteiger partial charge on any atom is -0.365 e. The van der Waals surface area contributed by atoms with Crippen LogP contribution in [0.25, 0.3) is 16.7 Å². The smallest absolute Gasteiger partial charge is 0.365 e. The summed E-state index contributed by atoms with van der Waals surface area (Å²) in [5.41, 5.74) is -0.845. The largest absolute Gasteiger partial charge is 0.433 e. The van der Waals surface area contributed by atoms with Crippen LogP contribution in [0.4, 0.5) is 29.3 Å². The highest BCUT2D eigenvalue weighted by Crippen LogP contribution is 2.27. The van der Waals surface area contributed by atoms with Crippen LogP contribution in [0.2, 0.25) is 0 Å². The lowest BCUT2D eigenvalue weighted by Crippen LogP contribution is -2.18. The van der Waals surface area contributed by atoms with Gasteiger partial charge < -0.3 is 10.6 Å². The molecule has 3 N–H and O–H groups in total. The Labute approximate surface area is 158 Å². The Bertz CT molecular complexity index is 1250. The summed E-state index contributed by atoms with van der Waals surface area (Å²) in [6, 6.07) is 4.58. The zero-order valence-corrected chi connectivity index (χ0v) is 14.5. The predicted octanol–water partition coefficient (Wildman–Crippen LogP) is 2.04. The highest BCUT2D eigenvalue weighted by atomic mass is 19.4. The van der Waals surface area contributed by atoms with Crippen LogP contribution < -0.4 is 16.3 Å². The molecule has 0 bridgehead atoms. The first-order valence-corrected chi connectivity index (χ1v) is 8.27. The first-order chi connectivity index (χ1) is 13.8. The van der Waals surface area contributed by atoms with Crippen molar-refractivity contribution in [1.29, 1.82) is 0 Å². The Morgan fingerprint density at radius 2 is 1.90 bits per heavy atom. The van der Waals surface area contributed by atoms with Crippen LogP contribution in [0.5, 0.6) is 0 Å². The molecule has 0 atom stereocenters. The zero-order chi connectivity index (χ0) is 20.6. The maximum absolute atomic E-state index is 13.5. The molecule has 3 heterocycles. The molecule has 0 saturated carbocycles. The van der Waals surface area contributed by atoms with Gasteiger partial charge in [-0.25, -0.2) is 33.6 Å². The van der Waals surface area contributed by atoms with Crippen LogP contribution in [-0.2, 0) is 6.18 Å². The standard InChI is InChI=1S/C16H12F4N8O/c17-8-1-2-9-10(7-8)28-13(26-27-15(28)29)12(24-9)21-5-6-23-14-22-4-3-11(25-14)16(18,19)20/h1-4,7H,5-6H2,(H,21,24)(H,27,29)(H,22,23,25). The van der Waals surface area contributed by atoms with Crippen LogP contribution in [0.15, 0.2) is 35.3 Å². The molecule has 0 aliphatic rings. The minimum atomic E-state index is -4.56. The fourth-order valence-electron chi connectivity index (χ4n) is 2.70. The summed E-state index contributed by atoms with van der Waals surface area (Å²) < 4.78 is 52.8. The summed E-state index contributed by atoms with van der Waals surface area (Å²) in [6.45, 7) is 0.362. The molecule has 3 aromatic heterocycles. The molecule has 13 heteroatoms. The maximum Gasteiger partial charge on any atom is 0.433 e. The van der Waals surface area contributed by atoms with E-state index in [0.717, 1.165) is 12.3 Å². The lowest BCUT2D eigenvalue weighted by molar-refractivity contribution is -0.141. The van der Waals surface area contributed by atoms with Gasteiger partial charge in [-0.2, -0.15) is 13.2 Å². The van der Waals surface area contributed by atoms with Gasteiger partial charge in [-0.05, 0) is 18.2 Å². The van der Waals surface area contributed by atoms with Crippen molar-refractivity contribution in [3.05, 3.63) is 52.5 Å². The van der Waals surface area contributed by atoms with E-state index in [1.807, 2.05) is 0 Å². The average molecular weight is 408 g/mol. The molecule has 1 aromatic carbocycles. The van der Waals surface area contributed by atoms with E-state index in [-0.39, 0.29) is 36.0 Å². The number of H-pyrrole nitrogens is 1. The highest BCUT2D eigenvalue weighted by molar-refractivity contribution is 5.82. The number of aromatic nitrogens is 6. The maximum atomic E-state index is 13.5. The number of hydrogen-bond donors (Lipinski definition) is 3. The van der Waals surface area contributed by atoms with E-state index in [2.05, 4.69) is 35.8 Å². The molecule has 0 aliphatic carbocycles. The van der Waals surface area contributed by atoms with E-state index in [0.29, 0.717) is 5.52 Å². The Balaban J connectivity index is 1.52. The monoisotopic (exact) mass is 408 g/mol. The second-order valence-electron chi connectivity index (χ2n) is 5.90. The molecular weight excluding hydrogens is 396 g/mol. The van der Waals surface area contributed by atoms with Crippen molar-refractivity contribution >= 4 is 28.4 Å². The van der Waals surface area contributed by atoms with Gasteiger partial charge in [-0.1, -0.05) is 0 Å². The van der Waals surface area contributed by atoms with Gasteiger partial charge in [-0.3, -0.25) is 0 Å². The van der Waals surface area contributed by atoms with E-state index >= 15 is 0 Å². The van der Waals surface area contributed by atoms with Gasteiger partial charge >= 0.3 is 11.9 Å². The van der Waals surface area contributed by atoms with Crippen LogP contribution in [0.3, 0.4) is 0 Å². The molecule has 0 aliphatic heterocycles. The van der Waals surface area contributed by atoms with Crippen LogP contribution in [0, 0.1) is 5.82 Å². The third-order valence-corrected chi connectivity index (χ3v) is 3.94. The van der Waals surface area contributed by atoms with E-state index in [1.165, 1.54) is 22.6 Å². The molecule has 150 valence electrons. The summed E-state index contributed by atoms with van der Waals surface area (Å²) in [7, 11) is 0. The van der Waals surface area contributed by atoms with E-state index < -0.39 is 23.4 Å². The van der Waals surface area contributed by atoms with Crippen molar-refractivity contribution in [2.45, 2.75) is 6.18 Å². The van der Waals surface area contributed by atoms with Crippen molar-refractivity contribution in [3.63, 3.8) is 0 Å². The second-order valence-corrected chi connectivity index (χ2v) is 5.90. The molecular formula is C16H12F4N8O. The molecule has 4 rings (SSSR count). The number of nitrogens with zero attached hydrogens (tertiary/aromatic N) is 5. The molecule has 0 fully saturated rings. The number of halogens is 4. The summed E-state index contributed by atoms with van der Waals surface area (Å²) in [4.78, 5) is 23.5. The lowest BCUT2D eigenvalue weighted by Gasteiger charge is -2.10. The molecule has 0 saturated heterocycles. The highest BCUT2D eigenvalue weighted by Gasteiger charge is 2.32. The Hall–Kier alpha value is -3.77. The molecule has 29 heavy (non-hydrogen) atoms. The van der Waals surface area contributed by atoms with Crippen molar-refractivity contribution in [2.75, 3.05) is 23.7 Å². The number of fused-ring (bicyclic) bond motifs is 3. The fraction of sp³-hybridized carbons (Fsp3) is 0.188. The third-order valence-electron chi connectivity index (χ3n) is 3.94. The first-order valence-electron chi connectivity index (χ1n) is 8.27. The lowest BCUT2D eigenvalue weighted by atomic mass is 10.3. The van der Waals surface area contributed by atoms with E-state index in [9.17, 15) is 22.4 Å². The summed E-state index contributed by atoms with van der Waals surface area (Å²) in [5.74, 6) is -0.460. The SMILES string of the molecule is O=c1[nH]nc2c(NCCNc3nccc(C(F)(F)F)n3)nc3ccc(F)cc3n12. The Morgan fingerprint density at radius 3 is 2.69 bits per heavy atom. The van der Waals surface area contributed by atoms with E-state index in [4.69, 9.17) is 0 Å². The summed E-state index contributed by atoms with van der Waals surface area (Å²) in [6.07, 6.45) is -3.56. The summed E-state index contributed by atoms with van der Waals surface area (Å²) >= 11 is 0.